The second-order valence-corrected chi connectivity index (χ2v) is 8.07. The summed E-state index contributed by atoms with van der Waals surface area (Å²) in [6.07, 6.45) is -4.74. The number of nitrogens with one attached hydrogen (secondary N) is 2. The van der Waals surface area contributed by atoms with Crippen LogP contribution in [0.2, 0.25) is 0 Å². The first-order valence-corrected chi connectivity index (χ1v) is 10.2. The van der Waals surface area contributed by atoms with Crippen molar-refractivity contribution >= 4 is 54.7 Å². The minimum Gasteiger partial charge on any atom is -0.406 e. The Kier molecular flexibility index (Phi) is 5.31. The van der Waals surface area contributed by atoms with Gasteiger partial charge >= 0.3 is 6.36 Å². The third-order valence-electron chi connectivity index (χ3n) is 3.84. The first-order valence-electron chi connectivity index (χ1n) is 8.52. The fraction of sp³-hybridized carbons (Fsp3) is 0.105. The van der Waals surface area contributed by atoms with E-state index in [2.05, 4.69) is 25.3 Å². The van der Waals surface area contributed by atoms with Crippen LogP contribution in [-0.2, 0) is 0 Å². The van der Waals surface area contributed by atoms with Crippen molar-refractivity contribution in [3.05, 3.63) is 59.1 Å². The number of amides is 1. The largest absolute Gasteiger partial charge is 0.573 e. The number of carbonyl (C=O) groups is 1. The topological polar surface area (TPSA) is 76.1 Å². The highest BCUT2D eigenvalue weighted by Gasteiger charge is 2.30. The molecule has 0 atom stereocenters. The van der Waals surface area contributed by atoms with Gasteiger partial charge in [0.1, 0.15) is 11.4 Å². The smallest absolute Gasteiger partial charge is 0.406 e. The zero-order valence-electron chi connectivity index (χ0n) is 15.3. The molecular weight excluding hydrogens is 437 g/mol. The van der Waals surface area contributed by atoms with Crippen molar-refractivity contribution in [2.75, 3.05) is 10.6 Å². The maximum atomic E-state index is 12.4. The molecule has 4 aromatic rings. The van der Waals surface area contributed by atoms with Crippen LogP contribution in [-0.4, -0.2) is 22.2 Å². The van der Waals surface area contributed by atoms with E-state index in [1.165, 1.54) is 46.9 Å². The Labute approximate surface area is 176 Å². The second-order valence-electron chi connectivity index (χ2n) is 6.18. The molecule has 0 aliphatic rings. The van der Waals surface area contributed by atoms with E-state index < -0.39 is 12.3 Å². The van der Waals surface area contributed by atoms with Crippen molar-refractivity contribution in [2.24, 2.45) is 0 Å². The number of ether oxygens (including phenoxy) is 1. The number of aryl methyl sites for hydroxylation is 1. The lowest BCUT2D eigenvalue weighted by atomic mass is 10.2. The SMILES string of the molecule is Cc1ccc2nc(NC(=O)c3csc(Nc4ccc(OC(F)(F)F)cc4)n3)sc2c1. The number of hydrogen-bond donors (Lipinski definition) is 2. The van der Waals surface area contributed by atoms with Crippen LogP contribution in [0.1, 0.15) is 16.1 Å². The average Bonchev–Trinajstić information content (AvgIpc) is 3.28. The number of nitrogens with zero attached hydrogens (tertiary/aromatic N) is 2. The Hall–Kier alpha value is -3.18. The molecule has 0 radical (unpaired) electrons. The van der Waals surface area contributed by atoms with Gasteiger partial charge in [-0.2, -0.15) is 0 Å². The predicted octanol–water partition coefficient (Wildman–Crippen LogP) is 5.96. The lowest BCUT2D eigenvalue weighted by molar-refractivity contribution is -0.274. The maximum Gasteiger partial charge on any atom is 0.573 e. The molecule has 2 N–H and O–H groups in total. The van der Waals surface area contributed by atoms with Crippen molar-refractivity contribution in [1.82, 2.24) is 9.97 Å². The Balaban J connectivity index is 1.41. The molecule has 1 amide bonds. The monoisotopic (exact) mass is 450 g/mol. The van der Waals surface area contributed by atoms with E-state index in [1.54, 1.807) is 5.38 Å². The minimum absolute atomic E-state index is 0.204. The molecule has 0 saturated carbocycles. The van der Waals surface area contributed by atoms with Gasteiger partial charge in [0.05, 0.1) is 10.2 Å². The van der Waals surface area contributed by atoms with E-state index in [4.69, 9.17) is 0 Å². The third kappa shape index (κ3) is 4.86. The molecule has 0 aliphatic carbocycles. The van der Waals surface area contributed by atoms with Gasteiger partial charge in [-0.1, -0.05) is 17.4 Å². The maximum absolute atomic E-state index is 12.4. The summed E-state index contributed by atoms with van der Waals surface area (Å²) in [5.41, 5.74) is 2.62. The highest BCUT2D eigenvalue weighted by molar-refractivity contribution is 7.22. The van der Waals surface area contributed by atoms with Crippen LogP contribution < -0.4 is 15.4 Å². The average molecular weight is 450 g/mol. The van der Waals surface area contributed by atoms with Gasteiger partial charge in [0, 0.05) is 11.1 Å². The van der Waals surface area contributed by atoms with Crippen molar-refractivity contribution in [3.63, 3.8) is 0 Å². The Bertz CT molecular complexity index is 1200. The molecule has 6 nitrogen and oxygen atoms in total. The van der Waals surface area contributed by atoms with Gasteiger partial charge in [0.25, 0.3) is 5.91 Å². The predicted molar refractivity (Wildman–Crippen MR) is 111 cm³/mol. The van der Waals surface area contributed by atoms with E-state index in [-0.39, 0.29) is 11.4 Å². The zero-order chi connectivity index (χ0) is 21.3. The number of benzene rings is 2. The summed E-state index contributed by atoms with van der Waals surface area (Å²) >= 11 is 2.57. The lowest BCUT2D eigenvalue weighted by Gasteiger charge is -2.09. The number of alkyl halides is 3. The summed E-state index contributed by atoms with van der Waals surface area (Å²) in [5, 5.41) is 8.15. The summed E-state index contributed by atoms with van der Waals surface area (Å²) in [7, 11) is 0. The summed E-state index contributed by atoms with van der Waals surface area (Å²) in [6, 6.07) is 11.1. The molecular formula is C19H13F3N4O2S2. The van der Waals surface area contributed by atoms with Gasteiger partial charge < -0.3 is 10.1 Å². The molecule has 0 aliphatic heterocycles. The third-order valence-corrected chi connectivity index (χ3v) is 5.53. The van der Waals surface area contributed by atoms with Gasteiger partial charge in [-0.3, -0.25) is 10.1 Å². The van der Waals surface area contributed by atoms with Crippen molar-refractivity contribution in [1.29, 1.82) is 0 Å². The fourth-order valence-electron chi connectivity index (χ4n) is 2.55. The summed E-state index contributed by atoms with van der Waals surface area (Å²) < 4.78 is 41.4. The van der Waals surface area contributed by atoms with Crippen LogP contribution in [0.5, 0.6) is 5.75 Å². The minimum atomic E-state index is -4.74. The van der Waals surface area contributed by atoms with E-state index in [0.717, 1.165) is 15.8 Å². The summed E-state index contributed by atoms with van der Waals surface area (Å²) in [5.74, 6) is -0.720. The quantitative estimate of drug-likeness (QED) is 0.393. The highest BCUT2D eigenvalue weighted by atomic mass is 32.1. The number of halogens is 3. The van der Waals surface area contributed by atoms with Crippen molar-refractivity contribution in [2.45, 2.75) is 13.3 Å². The molecule has 0 fully saturated rings. The lowest BCUT2D eigenvalue weighted by Crippen LogP contribution is -2.16. The molecule has 0 bridgehead atoms. The number of thiazole rings is 2. The van der Waals surface area contributed by atoms with Crippen LogP contribution in [0.25, 0.3) is 10.2 Å². The standard InChI is InChI=1S/C19H13F3N4O2S2/c1-10-2-7-13-15(8-10)30-18(24-13)26-16(27)14-9-29-17(25-14)23-11-3-5-12(6-4-11)28-19(20,21)22/h2-9H,1H3,(H,23,25)(H,24,26,27). The molecule has 2 aromatic heterocycles. The Morgan fingerprint density at radius 2 is 1.83 bits per heavy atom. The van der Waals surface area contributed by atoms with Gasteiger partial charge in [-0.05, 0) is 48.9 Å². The van der Waals surface area contributed by atoms with Crippen LogP contribution in [0, 0.1) is 6.92 Å². The Morgan fingerprint density at radius 3 is 2.57 bits per heavy atom. The normalized spacial score (nSPS) is 11.5. The van der Waals surface area contributed by atoms with Crippen LogP contribution in [0.4, 0.5) is 29.1 Å². The molecule has 154 valence electrons. The van der Waals surface area contributed by atoms with Gasteiger partial charge in [-0.25, -0.2) is 9.97 Å². The summed E-state index contributed by atoms with van der Waals surface area (Å²) in [4.78, 5) is 21.0. The van der Waals surface area contributed by atoms with Gasteiger partial charge in [0.2, 0.25) is 0 Å². The second kappa shape index (κ2) is 7.92. The number of fused-ring (bicyclic) bond motifs is 1. The number of anilines is 3. The number of carbonyl (C=O) groups excluding carboxylic acids is 1. The van der Waals surface area contributed by atoms with E-state index in [0.29, 0.717) is 16.0 Å². The molecule has 0 saturated heterocycles. The summed E-state index contributed by atoms with van der Waals surface area (Å²) in [6.45, 7) is 1.98. The highest BCUT2D eigenvalue weighted by Crippen LogP contribution is 2.28. The van der Waals surface area contributed by atoms with Crippen LogP contribution in [0.3, 0.4) is 0 Å². The fourth-order valence-corrected chi connectivity index (χ4v) is 4.22. The molecule has 11 heteroatoms. The molecule has 30 heavy (non-hydrogen) atoms. The van der Waals surface area contributed by atoms with Crippen LogP contribution in [0.15, 0.2) is 47.8 Å². The first-order chi connectivity index (χ1) is 14.2. The number of hydrogen-bond acceptors (Lipinski definition) is 7. The zero-order valence-corrected chi connectivity index (χ0v) is 16.9. The molecule has 2 aromatic carbocycles. The van der Waals surface area contributed by atoms with E-state index in [9.17, 15) is 18.0 Å². The van der Waals surface area contributed by atoms with E-state index in [1.807, 2.05) is 25.1 Å². The molecule has 0 spiro atoms. The van der Waals surface area contributed by atoms with Crippen molar-refractivity contribution in [3.8, 4) is 5.75 Å². The number of aromatic nitrogens is 2. The first kappa shape index (κ1) is 20.1. The van der Waals surface area contributed by atoms with Crippen LogP contribution >= 0.6 is 22.7 Å². The molecule has 0 unspecified atom stereocenters. The van der Waals surface area contributed by atoms with Gasteiger partial charge in [-0.15, -0.1) is 24.5 Å². The molecule has 4 rings (SSSR count). The Morgan fingerprint density at radius 1 is 1.07 bits per heavy atom. The number of rotatable bonds is 5. The molecule has 2 heterocycles. The van der Waals surface area contributed by atoms with Gasteiger partial charge in [0.15, 0.2) is 10.3 Å². The van der Waals surface area contributed by atoms with Crippen molar-refractivity contribution < 1.29 is 22.7 Å². The van der Waals surface area contributed by atoms with E-state index >= 15 is 0 Å².